The van der Waals surface area contributed by atoms with Crippen molar-refractivity contribution in [3.63, 3.8) is 0 Å². The summed E-state index contributed by atoms with van der Waals surface area (Å²) in [4.78, 5) is 27.5. The number of carbonyl (C=O) groups is 2. The molecular weight excluding hydrogens is 348 g/mol. The Balaban J connectivity index is 2.07. The van der Waals surface area contributed by atoms with E-state index in [0.29, 0.717) is 17.2 Å². The second-order valence-electron chi connectivity index (χ2n) is 8.02. The molecule has 0 aliphatic carbocycles. The number of amides is 2. The zero-order valence-electron chi connectivity index (χ0n) is 17.5. The molecule has 4 heteroatoms. The van der Waals surface area contributed by atoms with Crippen molar-refractivity contribution in [2.45, 2.75) is 53.5 Å². The fraction of sp³-hybridized carbons (Fsp3) is 0.333. The minimum Gasteiger partial charge on any atom is -0.350 e. The number of hydrogen-bond acceptors (Lipinski definition) is 3. The largest absolute Gasteiger partial charge is 0.350 e. The van der Waals surface area contributed by atoms with Gasteiger partial charge in [0.15, 0.2) is 0 Å². The zero-order chi connectivity index (χ0) is 20.6. The predicted octanol–water partition coefficient (Wildman–Crippen LogP) is 5.03. The summed E-state index contributed by atoms with van der Waals surface area (Å²) in [5.41, 5.74) is 5.83. The average molecular weight is 377 g/mol. The number of carbonyl (C=O) groups excluding carboxylic acids is 2. The minimum absolute atomic E-state index is 0.204. The topological polar surface area (TPSA) is 49.4 Å². The van der Waals surface area contributed by atoms with E-state index in [4.69, 9.17) is 0 Å². The van der Waals surface area contributed by atoms with Crippen molar-refractivity contribution in [3.8, 4) is 0 Å². The van der Waals surface area contributed by atoms with Crippen molar-refractivity contribution < 1.29 is 9.59 Å². The summed E-state index contributed by atoms with van der Waals surface area (Å²) in [5, 5.41) is 3.22. The number of rotatable bonds is 5. The van der Waals surface area contributed by atoms with E-state index >= 15 is 0 Å². The lowest BCUT2D eigenvalue weighted by Gasteiger charge is -2.19. The highest BCUT2D eigenvalue weighted by Crippen LogP contribution is 2.32. The maximum atomic E-state index is 13.1. The molecule has 0 atom stereocenters. The van der Waals surface area contributed by atoms with Gasteiger partial charge in [-0.15, -0.1) is 0 Å². The molecule has 0 radical (unpaired) electrons. The van der Waals surface area contributed by atoms with Gasteiger partial charge in [0, 0.05) is 11.7 Å². The molecule has 1 aliphatic rings. The molecule has 28 heavy (non-hydrogen) atoms. The third kappa shape index (κ3) is 3.59. The second-order valence-corrected chi connectivity index (χ2v) is 8.02. The van der Waals surface area contributed by atoms with Gasteiger partial charge in [0.1, 0.15) is 5.70 Å². The van der Waals surface area contributed by atoms with Crippen molar-refractivity contribution in [1.82, 2.24) is 4.90 Å². The fourth-order valence-corrected chi connectivity index (χ4v) is 3.39. The van der Waals surface area contributed by atoms with E-state index in [-0.39, 0.29) is 17.9 Å². The molecule has 0 unspecified atom stereocenters. The first-order valence-electron chi connectivity index (χ1n) is 9.77. The highest BCUT2D eigenvalue weighted by Gasteiger charge is 2.40. The monoisotopic (exact) mass is 376 g/mol. The van der Waals surface area contributed by atoms with Gasteiger partial charge >= 0.3 is 0 Å². The molecule has 1 aliphatic heterocycles. The highest BCUT2D eigenvalue weighted by molar-refractivity contribution is 6.36. The lowest BCUT2D eigenvalue weighted by molar-refractivity contribution is -0.138. The molecule has 0 spiro atoms. The number of anilines is 1. The highest BCUT2D eigenvalue weighted by atomic mass is 16.2. The first-order valence-corrected chi connectivity index (χ1v) is 9.77. The van der Waals surface area contributed by atoms with E-state index < -0.39 is 0 Å². The molecule has 0 saturated carbocycles. The van der Waals surface area contributed by atoms with Crippen LogP contribution in [0.15, 0.2) is 48.2 Å². The fourth-order valence-electron chi connectivity index (χ4n) is 3.39. The summed E-state index contributed by atoms with van der Waals surface area (Å²) in [6.07, 6.45) is 0. The van der Waals surface area contributed by atoms with Gasteiger partial charge in [-0.1, -0.05) is 44.2 Å². The summed E-state index contributed by atoms with van der Waals surface area (Å²) >= 11 is 0. The molecule has 3 rings (SSSR count). The summed E-state index contributed by atoms with van der Waals surface area (Å²) in [7, 11) is 0. The van der Waals surface area contributed by atoms with Gasteiger partial charge in [0.05, 0.1) is 5.57 Å². The molecule has 0 bridgehead atoms. The van der Waals surface area contributed by atoms with Crippen molar-refractivity contribution in [3.05, 3.63) is 70.4 Å². The standard InChI is InChI=1S/C24H28N2O2/c1-14(2)18-9-11-20(12-10-18)25-22-21(19-8-7-16(5)17(6)13-19)23(27)26(15(3)4)24(22)28/h7-15,25H,1-6H3. The Morgan fingerprint density at radius 1 is 0.821 bits per heavy atom. The van der Waals surface area contributed by atoms with Crippen LogP contribution in [-0.2, 0) is 9.59 Å². The van der Waals surface area contributed by atoms with Crippen LogP contribution in [0, 0.1) is 13.8 Å². The number of nitrogens with zero attached hydrogens (tertiary/aromatic N) is 1. The molecule has 146 valence electrons. The normalized spacial score (nSPS) is 14.6. The summed E-state index contributed by atoms with van der Waals surface area (Å²) in [6.45, 7) is 12.0. The Bertz CT molecular complexity index is 953. The molecule has 2 aromatic rings. The first kappa shape index (κ1) is 19.9. The molecule has 4 nitrogen and oxygen atoms in total. The number of aryl methyl sites for hydroxylation is 2. The van der Waals surface area contributed by atoms with Gasteiger partial charge in [0.2, 0.25) is 0 Å². The van der Waals surface area contributed by atoms with E-state index in [9.17, 15) is 9.59 Å². The molecule has 2 amide bonds. The van der Waals surface area contributed by atoms with Crippen LogP contribution < -0.4 is 5.32 Å². The van der Waals surface area contributed by atoms with Gasteiger partial charge in [-0.25, -0.2) is 0 Å². The van der Waals surface area contributed by atoms with E-state index in [1.165, 1.54) is 10.5 Å². The van der Waals surface area contributed by atoms with Gasteiger partial charge in [-0.05, 0) is 68.0 Å². The van der Waals surface area contributed by atoms with E-state index in [1.54, 1.807) is 0 Å². The maximum absolute atomic E-state index is 13.1. The van der Waals surface area contributed by atoms with Gasteiger partial charge in [-0.2, -0.15) is 0 Å². The Hall–Kier alpha value is -2.88. The van der Waals surface area contributed by atoms with Crippen LogP contribution in [0.5, 0.6) is 0 Å². The van der Waals surface area contributed by atoms with Crippen LogP contribution in [0.4, 0.5) is 5.69 Å². The van der Waals surface area contributed by atoms with Crippen LogP contribution in [-0.4, -0.2) is 22.8 Å². The van der Waals surface area contributed by atoms with E-state index in [1.807, 2.05) is 70.2 Å². The summed E-state index contributed by atoms with van der Waals surface area (Å²) in [5.74, 6) is -0.0869. The van der Waals surface area contributed by atoms with Gasteiger partial charge in [-0.3, -0.25) is 14.5 Å². The Morgan fingerprint density at radius 3 is 2.00 bits per heavy atom. The second kappa shape index (κ2) is 7.63. The van der Waals surface area contributed by atoms with E-state index in [0.717, 1.165) is 22.4 Å². The smallest absolute Gasteiger partial charge is 0.278 e. The number of benzene rings is 2. The first-order chi connectivity index (χ1) is 13.2. The quantitative estimate of drug-likeness (QED) is 0.745. The van der Waals surface area contributed by atoms with Crippen LogP contribution >= 0.6 is 0 Å². The van der Waals surface area contributed by atoms with Gasteiger partial charge in [0.25, 0.3) is 11.8 Å². The Kier molecular flexibility index (Phi) is 5.41. The number of nitrogens with one attached hydrogen (secondary N) is 1. The van der Waals surface area contributed by atoms with Crippen LogP contribution in [0.3, 0.4) is 0 Å². The third-order valence-electron chi connectivity index (χ3n) is 5.27. The van der Waals surface area contributed by atoms with E-state index in [2.05, 4.69) is 19.2 Å². The zero-order valence-corrected chi connectivity index (χ0v) is 17.5. The Labute approximate surface area is 167 Å². The van der Waals surface area contributed by atoms with Crippen LogP contribution in [0.2, 0.25) is 0 Å². The molecule has 1 heterocycles. The minimum atomic E-state index is -0.277. The molecule has 0 aromatic heterocycles. The van der Waals surface area contributed by atoms with Gasteiger partial charge < -0.3 is 5.32 Å². The van der Waals surface area contributed by atoms with Crippen molar-refractivity contribution in [2.24, 2.45) is 0 Å². The molecule has 0 saturated heterocycles. The average Bonchev–Trinajstić information content (AvgIpc) is 2.88. The number of hydrogen-bond donors (Lipinski definition) is 1. The summed E-state index contributed by atoms with van der Waals surface area (Å²) < 4.78 is 0. The molecule has 1 N–H and O–H groups in total. The maximum Gasteiger partial charge on any atom is 0.278 e. The van der Waals surface area contributed by atoms with Crippen molar-refractivity contribution in [2.75, 3.05) is 5.32 Å². The van der Waals surface area contributed by atoms with Crippen LogP contribution in [0.1, 0.15) is 55.9 Å². The predicted molar refractivity (Wildman–Crippen MR) is 114 cm³/mol. The molecule has 0 fully saturated rings. The third-order valence-corrected chi connectivity index (χ3v) is 5.27. The molecule has 2 aromatic carbocycles. The lowest BCUT2D eigenvalue weighted by atomic mass is 9.99. The van der Waals surface area contributed by atoms with Crippen molar-refractivity contribution >= 4 is 23.1 Å². The molecular formula is C24H28N2O2. The van der Waals surface area contributed by atoms with Crippen LogP contribution in [0.25, 0.3) is 5.57 Å². The number of imide groups is 1. The SMILES string of the molecule is Cc1ccc(C2=C(Nc3ccc(C(C)C)cc3)C(=O)N(C(C)C)C2=O)cc1C. The van der Waals surface area contributed by atoms with Crippen molar-refractivity contribution in [1.29, 1.82) is 0 Å². The lowest BCUT2D eigenvalue weighted by Crippen LogP contribution is -2.38. The summed E-state index contributed by atoms with van der Waals surface area (Å²) in [6, 6.07) is 13.7. The Morgan fingerprint density at radius 2 is 1.46 bits per heavy atom.